The summed E-state index contributed by atoms with van der Waals surface area (Å²) in [6, 6.07) is 4.06. The highest BCUT2D eigenvalue weighted by molar-refractivity contribution is 9.10. The molecular weight excluding hydrogens is 268 g/mol. The van der Waals surface area contributed by atoms with Crippen LogP contribution in [0.25, 0.3) is 0 Å². The van der Waals surface area contributed by atoms with Gasteiger partial charge in [-0.2, -0.15) is 0 Å². The number of rotatable bonds is 3. The molecule has 2 rings (SSSR count). The van der Waals surface area contributed by atoms with Crippen molar-refractivity contribution in [2.24, 2.45) is 0 Å². The quantitative estimate of drug-likeness (QED) is 0.901. The average molecular weight is 285 g/mol. The van der Waals surface area contributed by atoms with Gasteiger partial charge in [0.15, 0.2) is 0 Å². The Labute approximate surface area is 105 Å². The Kier molecular flexibility index (Phi) is 4.29. The van der Waals surface area contributed by atoms with Crippen LogP contribution in [-0.2, 0) is 6.54 Å². The summed E-state index contributed by atoms with van der Waals surface area (Å²) < 4.78 is 1.02. The monoisotopic (exact) mass is 284 g/mol. The third kappa shape index (κ3) is 3.52. The van der Waals surface area contributed by atoms with Crippen molar-refractivity contribution < 1.29 is 0 Å². The number of nitrogens with zero attached hydrogens (tertiary/aromatic N) is 3. The van der Waals surface area contributed by atoms with Crippen LogP contribution in [0.4, 0.5) is 0 Å². The standard InChI is InChI=1S/C11H17BrN4/c1-15-4-6-16(7-5-15)14-9-11-3-2-10(12)8-13-11/h2-3,8,14H,4-7,9H2,1H3. The van der Waals surface area contributed by atoms with Crippen molar-refractivity contribution in [2.45, 2.75) is 6.54 Å². The second kappa shape index (κ2) is 5.72. The fourth-order valence-corrected chi connectivity index (χ4v) is 1.90. The Bertz CT molecular complexity index is 319. The molecule has 1 aromatic heterocycles. The number of aromatic nitrogens is 1. The lowest BCUT2D eigenvalue weighted by molar-refractivity contribution is 0.101. The van der Waals surface area contributed by atoms with Gasteiger partial charge in [0, 0.05) is 36.8 Å². The Morgan fingerprint density at radius 2 is 2.06 bits per heavy atom. The van der Waals surface area contributed by atoms with E-state index in [9.17, 15) is 0 Å². The first kappa shape index (κ1) is 12.0. The van der Waals surface area contributed by atoms with Crippen LogP contribution in [0.15, 0.2) is 22.8 Å². The molecule has 1 aliphatic rings. The molecule has 0 aromatic carbocycles. The minimum absolute atomic E-state index is 0.803. The molecule has 0 radical (unpaired) electrons. The first-order valence-corrected chi connectivity index (χ1v) is 6.31. The van der Waals surface area contributed by atoms with Crippen LogP contribution in [0, 0.1) is 0 Å². The summed E-state index contributed by atoms with van der Waals surface area (Å²) in [6.45, 7) is 5.21. The van der Waals surface area contributed by atoms with E-state index < -0.39 is 0 Å². The minimum atomic E-state index is 0.803. The molecule has 0 unspecified atom stereocenters. The van der Waals surface area contributed by atoms with E-state index in [0.717, 1.165) is 42.9 Å². The van der Waals surface area contributed by atoms with Crippen molar-refractivity contribution >= 4 is 15.9 Å². The zero-order valence-electron chi connectivity index (χ0n) is 9.49. The Balaban J connectivity index is 1.77. The molecule has 5 heteroatoms. The normalized spacial score (nSPS) is 18.9. The molecular formula is C11H17BrN4. The zero-order valence-corrected chi connectivity index (χ0v) is 11.1. The fraction of sp³-hybridized carbons (Fsp3) is 0.545. The highest BCUT2D eigenvalue weighted by atomic mass is 79.9. The molecule has 0 bridgehead atoms. The van der Waals surface area contributed by atoms with E-state index in [1.54, 1.807) is 0 Å². The van der Waals surface area contributed by atoms with Crippen LogP contribution in [0.1, 0.15) is 5.69 Å². The van der Waals surface area contributed by atoms with Crippen LogP contribution in [-0.4, -0.2) is 48.1 Å². The fourth-order valence-electron chi connectivity index (χ4n) is 1.67. The van der Waals surface area contributed by atoms with E-state index in [1.165, 1.54) is 0 Å². The molecule has 88 valence electrons. The molecule has 1 saturated heterocycles. The highest BCUT2D eigenvalue weighted by Crippen LogP contribution is 2.07. The van der Waals surface area contributed by atoms with Crippen molar-refractivity contribution in [1.29, 1.82) is 0 Å². The molecule has 0 spiro atoms. The first-order valence-electron chi connectivity index (χ1n) is 5.51. The number of piperazine rings is 1. The molecule has 0 atom stereocenters. The Hall–Kier alpha value is -0.490. The van der Waals surface area contributed by atoms with Gasteiger partial charge in [0.25, 0.3) is 0 Å². The predicted octanol–water partition coefficient (Wildman–Crippen LogP) is 1.10. The maximum atomic E-state index is 4.33. The Morgan fingerprint density at radius 3 is 2.69 bits per heavy atom. The molecule has 1 aromatic rings. The molecule has 1 N–H and O–H groups in total. The molecule has 4 nitrogen and oxygen atoms in total. The molecule has 0 amide bonds. The maximum absolute atomic E-state index is 4.33. The summed E-state index contributed by atoms with van der Waals surface area (Å²) in [5.41, 5.74) is 4.48. The van der Waals surface area contributed by atoms with Gasteiger partial charge in [0.1, 0.15) is 0 Å². The lowest BCUT2D eigenvalue weighted by atomic mass is 10.3. The number of nitrogens with one attached hydrogen (secondary N) is 1. The zero-order chi connectivity index (χ0) is 11.4. The second-order valence-corrected chi connectivity index (χ2v) is 5.01. The van der Waals surface area contributed by atoms with Gasteiger partial charge in [0.05, 0.1) is 12.2 Å². The van der Waals surface area contributed by atoms with Crippen LogP contribution >= 0.6 is 15.9 Å². The van der Waals surface area contributed by atoms with Crippen LogP contribution in [0.2, 0.25) is 0 Å². The maximum Gasteiger partial charge on any atom is 0.0556 e. The summed E-state index contributed by atoms with van der Waals surface area (Å²) in [5.74, 6) is 0. The minimum Gasteiger partial charge on any atom is -0.304 e. The van der Waals surface area contributed by atoms with Crippen molar-refractivity contribution in [3.05, 3.63) is 28.5 Å². The van der Waals surface area contributed by atoms with Gasteiger partial charge in [-0.25, -0.2) is 10.4 Å². The summed E-state index contributed by atoms with van der Waals surface area (Å²) >= 11 is 3.38. The van der Waals surface area contributed by atoms with E-state index in [0.29, 0.717) is 0 Å². The summed E-state index contributed by atoms with van der Waals surface area (Å²) in [5, 5.41) is 2.27. The topological polar surface area (TPSA) is 31.4 Å². The van der Waals surface area contributed by atoms with Crippen molar-refractivity contribution in [3.8, 4) is 0 Å². The number of likely N-dealkylation sites (N-methyl/N-ethyl adjacent to an activating group) is 1. The van der Waals surface area contributed by atoms with E-state index in [4.69, 9.17) is 0 Å². The van der Waals surface area contributed by atoms with E-state index >= 15 is 0 Å². The smallest absolute Gasteiger partial charge is 0.0556 e. The number of pyridine rings is 1. The number of hydrogen-bond donors (Lipinski definition) is 1. The highest BCUT2D eigenvalue weighted by Gasteiger charge is 2.12. The molecule has 1 fully saturated rings. The molecule has 1 aliphatic heterocycles. The molecule has 0 aliphatic carbocycles. The second-order valence-electron chi connectivity index (χ2n) is 4.09. The third-order valence-electron chi connectivity index (χ3n) is 2.78. The number of hydrazine groups is 1. The summed E-state index contributed by atoms with van der Waals surface area (Å²) in [7, 11) is 2.16. The average Bonchev–Trinajstić information content (AvgIpc) is 2.30. The van der Waals surface area contributed by atoms with Gasteiger partial charge in [-0.05, 0) is 35.1 Å². The SMILES string of the molecule is CN1CCN(NCc2ccc(Br)cn2)CC1. The largest absolute Gasteiger partial charge is 0.304 e. The van der Waals surface area contributed by atoms with E-state index in [2.05, 4.69) is 43.3 Å². The number of halogens is 1. The van der Waals surface area contributed by atoms with Gasteiger partial charge >= 0.3 is 0 Å². The van der Waals surface area contributed by atoms with Crippen molar-refractivity contribution in [2.75, 3.05) is 33.2 Å². The summed E-state index contributed by atoms with van der Waals surface area (Å²) in [6.07, 6.45) is 1.83. The van der Waals surface area contributed by atoms with E-state index in [1.807, 2.05) is 18.3 Å². The number of hydrogen-bond acceptors (Lipinski definition) is 4. The lowest BCUT2D eigenvalue weighted by Crippen LogP contribution is -2.50. The van der Waals surface area contributed by atoms with E-state index in [-0.39, 0.29) is 0 Å². The summed E-state index contributed by atoms with van der Waals surface area (Å²) in [4.78, 5) is 6.67. The van der Waals surface area contributed by atoms with Crippen LogP contribution < -0.4 is 5.43 Å². The van der Waals surface area contributed by atoms with Gasteiger partial charge in [-0.15, -0.1) is 0 Å². The Morgan fingerprint density at radius 1 is 1.31 bits per heavy atom. The van der Waals surface area contributed by atoms with Gasteiger partial charge in [0.2, 0.25) is 0 Å². The predicted molar refractivity (Wildman–Crippen MR) is 67.8 cm³/mol. The van der Waals surface area contributed by atoms with Gasteiger partial charge < -0.3 is 4.90 Å². The lowest BCUT2D eigenvalue weighted by Gasteiger charge is -2.32. The molecule has 16 heavy (non-hydrogen) atoms. The van der Waals surface area contributed by atoms with Gasteiger partial charge in [-0.1, -0.05) is 0 Å². The van der Waals surface area contributed by atoms with Crippen molar-refractivity contribution in [3.63, 3.8) is 0 Å². The molecule has 0 saturated carbocycles. The van der Waals surface area contributed by atoms with Crippen LogP contribution in [0.5, 0.6) is 0 Å². The molecule has 2 heterocycles. The first-order chi connectivity index (χ1) is 7.74. The third-order valence-corrected chi connectivity index (χ3v) is 3.24. The van der Waals surface area contributed by atoms with Gasteiger partial charge in [-0.3, -0.25) is 4.98 Å². The van der Waals surface area contributed by atoms with Crippen LogP contribution in [0.3, 0.4) is 0 Å². The van der Waals surface area contributed by atoms with Crippen molar-refractivity contribution in [1.82, 2.24) is 20.3 Å².